The number of nitro groups is 1. The van der Waals surface area contributed by atoms with Crippen molar-refractivity contribution in [2.45, 2.75) is 95.7 Å². The molecule has 1 aliphatic heterocycles. The van der Waals surface area contributed by atoms with Gasteiger partial charge >= 0.3 is 0 Å². The first kappa shape index (κ1) is 25.2. The summed E-state index contributed by atoms with van der Waals surface area (Å²) in [6.07, 6.45) is 13.2. The molecule has 1 unspecified atom stereocenters. The Morgan fingerprint density at radius 1 is 1.03 bits per heavy atom. The van der Waals surface area contributed by atoms with Crippen LogP contribution in [-0.2, 0) is 0 Å². The number of benzene rings is 1. The maximum absolute atomic E-state index is 11.0. The Balaban J connectivity index is 1.57. The number of non-ortho nitro benzene ring substituents is 1. The minimum atomic E-state index is -0.408. The van der Waals surface area contributed by atoms with Gasteiger partial charge in [-0.3, -0.25) is 10.1 Å². The number of aromatic nitrogens is 3. The second-order valence-electron chi connectivity index (χ2n) is 8.60. The molecular weight excluding hydrogens is 438 g/mol. The van der Waals surface area contributed by atoms with E-state index in [0.717, 1.165) is 35.9 Å². The van der Waals surface area contributed by atoms with Crippen molar-refractivity contribution in [3.63, 3.8) is 0 Å². The highest BCUT2D eigenvalue weighted by atomic mass is 32.2. The summed E-state index contributed by atoms with van der Waals surface area (Å²) in [5, 5.41) is 25.0. The maximum atomic E-state index is 11.0. The summed E-state index contributed by atoms with van der Waals surface area (Å²) in [4.78, 5) is 10.5. The van der Waals surface area contributed by atoms with Gasteiger partial charge in [0, 0.05) is 23.6 Å². The predicted molar refractivity (Wildman–Crippen MR) is 132 cm³/mol. The van der Waals surface area contributed by atoms with Gasteiger partial charge in [-0.05, 0) is 31.9 Å². The number of unbranched alkanes of at least 4 members (excludes halogenated alkanes) is 9. The van der Waals surface area contributed by atoms with E-state index in [1.54, 1.807) is 28.6 Å². The largest absolute Gasteiger partial charge is 0.482 e. The van der Waals surface area contributed by atoms with Gasteiger partial charge in [0.25, 0.3) is 5.69 Å². The summed E-state index contributed by atoms with van der Waals surface area (Å²) < 4.78 is 8.04. The van der Waals surface area contributed by atoms with Crippen molar-refractivity contribution in [3.05, 3.63) is 40.2 Å². The van der Waals surface area contributed by atoms with E-state index in [0.29, 0.717) is 11.6 Å². The van der Waals surface area contributed by atoms with Gasteiger partial charge in [-0.2, -0.15) is 9.78 Å². The minimum Gasteiger partial charge on any atom is -0.482 e. The fourth-order valence-corrected chi connectivity index (χ4v) is 4.65. The molecule has 1 aromatic carbocycles. The predicted octanol–water partition coefficient (Wildman–Crippen LogP) is 6.95. The first-order valence-corrected chi connectivity index (χ1v) is 13.1. The lowest BCUT2D eigenvalue weighted by molar-refractivity contribution is -0.384. The molecule has 0 fully saturated rings. The third-order valence-electron chi connectivity index (χ3n) is 5.75. The van der Waals surface area contributed by atoms with Gasteiger partial charge in [-0.25, -0.2) is 0 Å². The lowest BCUT2D eigenvalue weighted by Gasteiger charge is -2.19. The number of nitro benzene ring substituents is 1. The van der Waals surface area contributed by atoms with Gasteiger partial charge in [-0.15, -0.1) is 10.2 Å². The lowest BCUT2D eigenvalue weighted by atomic mass is 10.0. The minimum absolute atomic E-state index is 0.0464. The topological polar surface area (TPSA) is 95.4 Å². The number of hydrogen-bond acceptors (Lipinski definition) is 7. The van der Waals surface area contributed by atoms with Gasteiger partial charge in [0.2, 0.25) is 5.16 Å². The van der Waals surface area contributed by atoms with Gasteiger partial charge in [0.15, 0.2) is 11.9 Å². The summed E-state index contributed by atoms with van der Waals surface area (Å²) in [6.45, 7) is 4.24. The summed E-state index contributed by atoms with van der Waals surface area (Å²) >= 11 is 1.62. The molecule has 1 atom stereocenters. The Hall–Kier alpha value is -2.42. The third kappa shape index (κ3) is 7.84. The first-order chi connectivity index (χ1) is 16.1. The molecule has 0 spiro atoms. The molecule has 8 nitrogen and oxygen atoms in total. The highest BCUT2D eigenvalue weighted by Crippen LogP contribution is 2.31. The van der Waals surface area contributed by atoms with Crippen molar-refractivity contribution >= 4 is 23.2 Å². The van der Waals surface area contributed by atoms with E-state index in [4.69, 9.17) is 4.74 Å². The monoisotopic (exact) mass is 473 g/mol. The van der Waals surface area contributed by atoms with Crippen LogP contribution >= 0.6 is 11.8 Å². The second-order valence-corrected chi connectivity index (χ2v) is 9.55. The molecule has 9 heteroatoms. The van der Waals surface area contributed by atoms with E-state index in [9.17, 15) is 10.1 Å². The van der Waals surface area contributed by atoms with Gasteiger partial charge in [0.1, 0.15) is 5.75 Å². The van der Waals surface area contributed by atoms with Crippen LogP contribution in [0.3, 0.4) is 0 Å². The highest BCUT2D eigenvalue weighted by molar-refractivity contribution is 7.99. The molecular formula is C24H35N5O3S. The first-order valence-electron chi connectivity index (χ1n) is 12.1. The quantitative estimate of drug-likeness (QED) is 0.158. The number of nitrogens with zero attached hydrogens (tertiary/aromatic N) is 5. The molecule has 1 aromatic heterocycles. The standard InChI is InChI=1S/C24H35N5O3S/c1-3-4-5-6-7-8-9-10-11-12-13-22(32-21-16-14-20(15-17-21)29(30)31)23-25-26-24-28(23)27-19(2)18-33-24/h14-17,22H,3-13,18H2,1-2H3. The van der Waals surface area contributed by atoms with Crippen molar-refractivity contribution in [1.82, 2.24) is 14.9 Å². The summed E-state index contributed by atoms with van der Waals surface area (Å²) in [5.41, 5.74) is 1.06. The number of ether oxygens (including phenoxy) is 1. The molecule has 2 heterocycles. The Labute approximate surface area is 200 Å². The maximum Gasteiger partial charge on any atom is 0.269 e. The molecule has 0 saturated carbocycles. The SMILES string of the molecule is CCCCCCCCCCCCC(Oc1ccc([N+](=O)[O-])cc1)c1nnc2n1N=C(C)CS2. The number of thioether (sulfide) groups is 1. The molecule has 0 bridgehead atoms. The van der Waals surface area contributed by atoms with Crippen LogP contribution in [0.2, 0.25) is 0 Å². The van der Waals surface area contributed by atoms with Crippen molar-refractivity contribution in [2.75, 3.05) is 5.75 Å². The zero-order chi connectivity index (χ0) is 23.5. The van der Waals surface area contributed by atoms with Gasteiger partial charge < -0.3 is 4.74 Å². The number of hydrogen-bond donors (Lipinski definition) is 0. The molecule has 3 rings (SSSR count). The molecule has 2 aromatic rings. The molecule has 180 valence electrons. The zero-order valence-electron chi connectivity index (χ0n) is 19.7. The highest BCUT2D eigenvalue weighted by Gasteiger charge is 2.25. The van der Waals surface area contributed by atoms with E-state index >= 15 is 0 Å². The Morgan fingerprint density at radius 2 is 1.67 bits per heavy atom. The van der Waals surface area contributed by atoms with Crippen molar-refractivity contribution in [2.24, 2.45) is 5.10 Å². The molecule has 1 aliphatic rings. The molecule has 0 radical (unpaired) electrons. The normalized spacial score (nSPS) is 13.9. The summed E-state index contributed by atoms with van der Waals surface area (Å²) in [5.74, 6) is 2.08. The van der Waals surface area contributed by atoms with E-state index in [1.165, 1.54) is 63.5 Å². The molecule has 0 amide bonds. The van der Waals surface area contributed by atoms with Crippen LogP contribution in [-0.4, -0.2) is 31.3 Å². The van der Waals surface area contributed by atoms with Crippen molar-refractivity contribution < 1.29 is 9.66 Å². The Morgan fingerprint density at radius 3 is 2.30 bits per heavy atom. The second kappa shape index (κ2) is 13.3. The van der Waals surface area contributed by atoms with Crippen LogP contribution in [0.25, 0.3) is 0 Å². The van der Waals surface area contributed by atoms with Crippen LogP contribution in [0.5, 0.6) is 5.75 Å². The smallest absolute Gasteiger partial charge is 0.269 e. The van der Waals surface area contributed by atoms with E-state index in [1.807, 2.05) is 6.92 Å². The number of fused-ring (bicyclic) bond motifs is 1. The number of rotatable bonds is 15. The Bertz CT molecular complexity index is 913. The Kier molecular flexibility index (Phi) is 10.2. The fraction of sp³-hybridized carbons (Fsp3) is 0.625. The molecule has 33 heavy (non-hydrogen) atoms. The van der Waals surface area contributed by atoms with Crippen molar-refractivity contribution in [1.29, 1.82) is 0 Å². The van der Waals surface area contributed by atoms with Crippen LogP contribution < -0.4 is 4.74 Å². The average Bonchev–Trinajstić information content (AvgIpc) is 3.22. The zero-order valence-corrected chi connectivity index (χ0v) is 20.6. The average molecular weight is 474 g/mol. The van der Waals surface area contributed by atoms with Crippen LogP contribution in [0.4, 0.5) is 5.69 Å². The molecule has 0 N–H and O–H groups in total. The molecule has 0 aliphatic carbocycles. The van der Waals surface area contributed by atoms with E-state index in [-0.39, 0.29) is 11.8 Å². The van der Waals surface area contributed by atoms with Crippen LogP contribution in [0.15, 0.2) is 34.5 Å². The fourth-order valence-electron chi connectivity index (χ4n) is 3.90. The van der Waals surface area contributed by atoms with E-state index < -0.39 is 4.92 Å². The van der Waals surface area contributed by atoms with Crippen molar-refractivity contribution in [3.8, 4) is 5.75 Å². The van der Waals surface area contributed by atoms with Crippen LogP contribution in [0, 0.1) is 10.1 Å². The summed E-state index contributed by atoms with van der Waals surface area (Å²) in [6, 6.07) is 6.20. The van der Waals surface area contributed by atoms with Gasteiger partial charge in [0.05, 0.1) is 4.92 Å². The lowest BCUT2D eigenvalue weighted by Crippen LogP contribution is -2.16. The molecule has 0 saturated heterocycles. The summed E-state index contributed by atoms with van der Waals surface area (Å²) in [7, 11) is 0. The third-order valence-corrected chi connectivity index (χ3v) is 6.83. The van der Waals surface area contributed by atoms with Crippen LogP contribution in [0.1, 0.15) is 96.4 Å². The van der Waals surface area contributed by atoms with Gasteiger partial charge in [-0.1, -0.05) is 76.5 Å². The van der Waals surface area contributed by atoms with E-state index in [2.05, 4.69) is 22.2 Å².